The zero-order valence-electron chi connectivity index (χ0n) is 18.6. The van der Waals surface area contributed by atoms with Crippen LogP contribution in [0, 0.1) is 0 Å². The van der Waals surface area contributed by atoms with Crippen molar-refractivity contribution in [3.05, 3.63) is 56.6 Å². The highest BCUT2D eigenvalue weighted by molar-refractivity contribution is 6.35. The van der Waals surface area contributed by atoms with Crippen molar-refractivity contribution in [2.45, 2.75) is 38.1 Å². The summed E-state index contributed by atoms with van der Waals surface area (Å²) in [5, 5.41) is 0.712. The van der Waals surface area contributed by atoms with Crippen molar-refractivity contribution in [2.24, 2.45) is 0 Å². The number of hydrogen-bond acceptors (Lipinski definition) is 7. The number of ether oxygens (including phenoxy) is 2. The van der Waals surface area contributed by atoms with Gasteiger partial charge in [0.1, 0.15) is 5.75 Å². The van der Waals surface area contributed by atoms with Crippen LogP contribution >= 0.6 is 36.4 Å². The maximum Gasteiger partial charge on any atom is 0.261 e. The van der Waals surface area contributed by atoms with Crippen molar-refractivity contribution in [2.75, 3.05) is 31.7 Å². The normalized spacial score (nSPS) is 21.2. The Hall–Kier alpha value is -2.10. The van der Waals surface area contributed by atoms with Crippen molar-refractivity contribution in [3.63, 3.8) is 0 Å². The molecule has 2 atom stereocenters. The Morgan fingerprint density at radius 2 is 2.18 bits per heavy atom. The van der Waals surface area contributed by atoms with Crippen molar-refractivity contribution < 1.29 is 9.47 Å². The van der Waals surface area contributed by atoms with Crippen LogP contribution in [-0.2, 0) is 24.2 Å². The standard InChI is InChI=1S/C23H24ClN5O3.2ClH/c1-31-15-7-18(24)21-19(8-15)26-23(27-22(21)30)28-5-3-17-13(9-28)2-4-25-20(17)11-29-10-16-6-14(29)12-32-16;;/h2,4,7-8,14,16H,3,5-6,9-12H2,1H3,(H,26,27,30);2*1H/t14-,16-;;/m0../s1. The van der Waals surface area contributed by atoms with Gasteiger partial charge in [-0.25, -0.2) is 4.98 Å². The number of nitrogens with one attached hydrogen (secondary N) is 1. The van der Waals surface area contributed by atoms with Gasteiger partial charge >= 0.3 is 0 Å². The van der Waals surface area contributed by atoms with E-state index in [1.165, 1.54) is 11.1 Å². The highest BCUT2D eigenvalue weighted by Crippen LogP contribution is 2.32. The lowest BCUT2D eigenvalue weighted by Gasteiger charge is -2.32. The van der Waals surface area contributed by atoms with Gasteiger partial charge in [-0.15, -0.1) is 24.8 Å². The molecule has 0 radical (unpaired) electrons. The van der Waals surface area contributed by atoms with Gasteiger partial charge in [-0.3, -0.25) is 19.7 Å². The number of aromatic amines is 1. The van der Waals surface area contributed by atoms with Crippen LogP contribution in [-0.4, -0.2) is 58.8 Å². The summed E-state index contributed by atoms with van der Waals surface area (Å²) >= 11 is 6.29. The van der Waals surface area contributed by atoms with E-state index in [1.54, 1.807) is 19.2 Å². The van der Waals surface area contributed by atoms with Gasteiger partial charge in [-0.05, 0) is 36.1 Å². The van der Waals surface area contributed by atoms with Crippen LogP contribution in [0.3, 0.4) is 0 Å². The van der Waals surface area contributed by atoms with Gasteiger partial charge in [0.05, 0.1) is 41.4 Å². The maximum atomic E-state index is 12.7. The summed E-state index contributed by atoms with van der Waals surface area (Å²) in [6, 6.07) is 5.97. The number of H-pyrrole nitrogens is 1. The molecule has 1 N–H and O–H groups in total. The lowest BCUT2D eigenvalue weighted by Crippen LogP contribution is -2.38. The average molecular weight is 527 g/mol. The second-order valence-electron chi connectivity index (χ2n) is 8.73. The topological polar surface area (TPSA) is 83.6 Å². The number of rotatable bonds is 4. The maximum absolute atomic E-state index is 12.7. The lowest BCUT2D eigenvalue weighted by atomic mass is 9.98. The molecule has 0 amide bonds. The molecule has 3 aromatic rings. The smallest absolute Gasteiger partial charge is 0.261 e. The monoisotopic (exact) mass is 525 g/mol. The average Bonchev–Trinajstić information content (AvgIpc) is 3.41. The van der Waals surface area contributed by atoms with Crippen molar-refractivity contribution in [3.8, 4) is 5.75 Å². The molecule has 0 saturated carbocycles. The molecule has 182 valence electrons. The summed E-state index contributed by atoms with van der Waals surface area (Å²) in [5.74, 6) is 1.12. The number of aromatic nitrogens is 3. The molecule has 3 aliphatic rings. The molecule has 1 aromatic carbocycles. The third-order valence-corrected chi connectivity index (χ3v) is 7.16. The highest BCUT2D eigenvalue weighted by atomic mass is 35.5. The van der Waals surface area contributed by atoms with Gasteiger partial charge in [0.15, 0.2) is 0 Å². The number of fused-ring (bicyclic) bond motifs is 4. The van der Waals surface area contributed by atoms with E-state index in [-0.39, 0.29) is 30.4 Å². The van der Waals surface area contributed by atoms with Gasteiger partial charge in [0, 0.05) is 44.5 Å². The summed E-state index contributed by atoms with van der Waals surface area (Å²) in [6.45, 7) is 4.13. The Balaban J connectivity index is 0.00000137. The summed E-state index contributed by atoms with van der Waals surface area (Å²) in [6.07, 6.45) is 4.28. The predicted molar refractivity (Wildman–Crippen MR) is 136 cm³/mol. The summed E-state index contributed by atoms with van der Waals surface area (Å²) in [5.41, 5.74) is 3.99. The van der Waals surface area contributed by atoms with E-state index in [0.29, 0.717) is 46.3 Å². The number of methoxy groups -OCH3 is 1. The zero-order chi connectivity index (χ0) is 21.8. The van der Waals surface area contributed by atoms with Crippen LogP contribution < -0.4 is 15.2 Å². The number of pyridine rings is 1. The number of nitrogens with zero attached hydrogens (tertiary/aromatic N) is 4. The molecule has 2 saturated heterocycles. The second-order valence-corrected chi connectivity index (χ2v) is 9.14. The molecule has 0 aliphatic carbocycles. The fourth-order valence-electron chi connectivity index (χ4n) is 5.20. The molecule has 0 spiro atoms. The quantitative estimate of drug-likeness (QED) is 0.558. The van der Waals surface area contributed by atoms with Crippen LogP contribution in [0.4, 0.5) is 5.95 Å². The molecule has 2 fully saturated rings. The van der Waals surface area contributed by atoms with Gasteiger partial charge in [0.2, 0.25) is 5.95 Å². The fraction of sp³-hybridized carbons (Fsp3) is 0.435. The molecule has 5 heterocycles. The van der Waals surface area contributed by atoms with Gasteiger partial charge in [0.25, 0.3) is 5.56 Å². The second kappa shape index (κ2) is 9.87. The lowest BCUT2D eigenvalue weighted by molar-refractivity contribution is 0.0267. The number of halogens is 3. The summed E-state index contributed by atoms with van der Waals surface area (Å²) in [4.78, 5) is 29.7. The van der Waals surface area contributed by atoms with Crippen molar-refractivity contribution in [1.82, 2.24) is 19.9 Å². The Bertz CT molecular complexity index is 1270. The van der Waals surface area contributed by atoms with Crippen LogP contribution in [0.5, 0.6) is 5.75 Å². The van der Waals surface area contributed by atoms with E-state index in [9.17, 15) is 4.79 Å². The first-order valence-electron chi connectivity index (χ1n) is 10.9. The van der Waals surface area contributed by atoms with E-state index in [0.717, 1.165) is 44.8 Å². The van der Waals surface area contributed by atoms with Gasteiger partial charge in [-0.1, -0.05) is 11.6 Å². The molecule has 0 unspecified atom stereocenters. The summed E-state index contributed by atoms with van der Waals surface area (Å²) in [7, 11) is 1.57. The van der Waals surface area contributed by atoms with Gasteiger partial charge < -0.3 is 14.4 Å². The molecule has 34 heavy (non-hydrogen) atoms. The molecular weight excluding hydrogens is 501 g/mol. The van der Waals surface area contributed by atoms with E-state index in [4.69, 9.17) is 31.0 Å². The fourth-order valence-corrected chi connectivity index (χ4v) is 5.49. The first-order valence-corrected chi connectivity index (χ1v) is 11.3. The van der Waals surface area contributed by atoms with Crippen LogP contribution in [0.15, 0.2) is 29.2 Å². The predicted octanol–water partition coefficient (Wildman–Crippen LogP) is 3.36. The van der Waals surface area contributed by atoms with E-state index in [1.807, 2.05) is 6.20 Å². The van der Waals surface area contributed by atoms with Crippen LogP contribution in [0.1, 0.15) is 23.2 Å². The Morgan fingerprint density at radius 3 is 2.91 bits per heavy atom. The molecular formula is C23H26Cl3N5O3. The largest absolute Gasteiger partial charge is 0.497 e. The van der Waals surface area contributed by atoms with E-state index in [2.05, 4.69) is 20.9 Å². The molecule has 6 rings (SSSR count). The minimum Gasteiger partial charge on any atom is -0.497 e. The number of anilines is 1. The molecule has 2 bridgehead atoms. The SMILES string of the molecule is COc1cc(Cl)c2c(=O)[nH]c(N3CCc4c(ccnc4CN4C[C@@H]5C[C@H]4CO5)C3)nc2c1.Cl.Cl. The third-order valence-electron chi connectivity index (χ3n) is 6.86. The Labute approximate surface area is 214 Å². The molecule has 11 heteroatoms. The minimum atomic E-state index is -0.245. The molecule has 2 aromatic heterocycles. The number of benzene rings is 1. The number of hydrogen-bond donors (Lipinski definition) is 1. The highest BCUT2D eigenvalue weighted by Gasteiger charge is 2.39. The Kier molecular flexibility index (Phi) is 7.26. The van der Waals surface area contributed by atoms with Crippen LogP contribution in [0.25, 0.3) is 10.9 Å². The molecule has 8 nitrogen and oxygen atoms in total. The number of likely N-dealkylation sites (tertiary alicyclic amines) is 1. The van der Waals surface area contributed by atoms with Crippen LogP contribution in [0.2, 0.25) is 5.02 Å². The summed E-state index contributed by atoms with van der Waals surface area (Å²) < 4.78 is 11.0. The van der Waals surface area contributed by atoms with E-state index < -0.39 is 0 Å². The van der Waals surface area contributed by atoms with Gasteiger partial charge in [-0.2, -0.15) is 0 Å². The van der Waals surface area contributed by atoms with E-state index >= 15 is 0 Å². The van der Waals surface area contributed by atoms with Crippen molar-refractivity contribution in [1.29, 1.82) is 0 Å². The number of morpholine rings is 1. The third kappa shape index (κ3) is 4.33. The first-order chi connectivity index (χ1) is 15.6. The van der Waals surface area contributed by atoms with Crippen molar-refractivity contribution >= 4 is 53.3 Å². The minimum absolute atomic E-state index is 0. The first kappa shape index (κ1) is 25.0. The molecule has 3 aliphatic heterocycles. The zero-order valence-corrected chi connectivity index (χ0v) is 21.0. The Morgan fingerprint density at radius 1 is 1.32 bits per heavy atom.